The number of ether oxygens (including phenoxy) is 1. The van der Waals surface area contributed by atoms with E-state index in [4.69, 9.17) is 15.0 Å². The number of halogens is 1. The van der Waals surface area contributed by atoms with Gasteiger partial charge < -0.3 is 20.3 Å². The molecule has 9 nitrogen and oxygen atoms in total. The molecule has 2 heterocycles. The minimum absolute atomic E-state index is 0.0116. The fourth-order valence-corrected chi connectivity index (χ4v) is 4.50. The zero-order valence-corrected chi connectivity index (χ0v) is 25.7. The number of aromatic nitrogens is 2. The van der Waals surface area contributed by atoms with Crippen molar-refractivity contribution in [3.63, 3.8) is 0 Å². The van der Waals surface area contributed by atoms with Crippen molar-refractivity contribution in [3.05, 3.63) is 77.4 Å². The van der Waals surface area contributed by atoms with E-state index in [2.05, 4.69) is 64.9 Å². The van der Waals surface area contributed by atoms with Crippen LogP contribution in [-0.4, -0.2) is 46.5 Å². The molecular formula is C33H41FN6O3. The minimum atomic E-state index is -0.688. The molecule has 1 aliphatic heterocycles. The fraction of sp³-hybridized carbons (Fsp3) is 0.424. The Balaban J connectivity index is 1.35. The van der Waals surface area contributed by atoms with Crippen molar-refractivity contribution in [2.45, 2.75) is 72.4 Å². The van der Waals surface area contributed by atoms with Gasteiger partial charge in [0.2, 0.25) is 11.7 Å². The summed E-state index contributed by atoms with van der Waals surface area (Å²) in [6.45, 7) is 15.8. The van der Waals surface area contributed by atoms with Crippen molar-refractivity contribution in [3.8, 4) is 11.4 Å². The number of carbonyl (C=O) groups is 1. The summed E-state index contributed by atoms with van der Waals surface area (Å²) in [6, 6.07) is 11.9. The normalized spacial score (nSPS) is 14.9. The van der Waals surface area contributed by atoms with E-state index >= 15 is 4.39 Å². The maximum absolute atomic E-state index is 15.1. The summed E-state index contributed by atoms with van der Waals surface area (Å²) in [7, 11) is 0. The molecule has 0 aliphatic carbocycles. The summed E-state index contributed by atoms with van der Waals surface area (Å²) in [5.74, 6) is 1.82. The van der Waals surface area contributed by atoms with Crippen LogP contribution in [0.4, 0.5) is 4.39 Å². The Labute approximate surface area is 252 Å². The maximum Gasteiger partial charge on any atom is 0.323 e. The van der Waals surface area contributed by atoms with Crippen LogP contribution in [0.5, 0.6) is 0 Å². The quantitative estimate of drug-likeness (QED) is 0.224. The van der Waals surface area contributed by atoms with Gasteiger partial charge in [-0.15, -0.1) is 0 Å². The first kappa shape index (κ1) is 31.7. The van der Waals surface area contributed by atoms with Crippen molar-refractivity contribution in [2.24, 2.45) is 27.6 Å². The van der Waals surface area contributed by atoms with Crippen molar-refractivity contribution in [2.75, 3.05) is 6.61 Å². The first-order chi connectivity index (χ1) is 20.5. The van der Waals surface area contributed by atoms with Crippen LogP contribution >= 0.6 is 0 Å². The van der Waals surface area contributed by atoms with Gasteiger partial charge in [-0.1, -0.05) is 76.7 Å². The first-order valence-corrected chi connectivity index (χ1v) is 14.7. The van der Waals surface area contributed by atoms with Gasteiger partial charge in [0.05, 0.1) is 6.04 Å². The number of benzene rings is 2. The lowest BCUT2D eigenvalue weighted by molar-refractivity contribution is -0.146. The molecule has 0 fully saturated rings. The Kier molecular flexibility index (Phi) is 10.2. The van der Waals surface area contributed by atoms with E-state index in [1.54, 1.807) is 12.1 Å². The number of carbonyl (C=O) groups excluding carboxylic acids is 1. The van der Waals surface area contributed by atoms with Crippen LogP contribution in [0.3, 0.4) is 0 Å². The number of hydrogen-bond donors (Lipinski definition) is 2. The average molecular weight is 589 g/mol. The Morgan fingerprint density at radius 1 is 1.07 bits per heavy atom. The molecule has 3 unspecified atom stereocenters. The second-order valence-electron chi connectivity index (χ2n) is 11.6. The predicted octanol–water partition coefficient (Wildman–Crippen LogP) is 5.90. The number of nitrogens with zero attached hydrogens (tertiary/aromatic N) is 4. The van der Waals surface area contributed by atoms with Crippen molar-refractivity contribution in [1.29, 1.82) is 0 Å². The third kappa shape index (κ3) is 7.81. The molecular weight excluding hydrogens is 547 g/mol. The number of esters is 1. The van der Waals surface area contributed by atoms with Crippen LogP contribution in [0.2, 0.25) is 0 Å². The monoisotopic (exact) mass is 588 g/mol. The topological polar surface area (TPSA) is 128 Å². The van der Waals surface area contributed by atoms with Gasteiger partial charge in [0.25, 0.3) is 0 Å². The van der Waals surface area contributed by atoms with E-state index in [-0.39, 0.29) is 24.5 Å². The molecule has 3 aromatic rings. The Hall–Kier alpha value is -4.18. The zero-order chi connectivity index (χ0) is 31.3. The minimum Gasteiger partial charge on any atom is -0.462 e. The standard InChI is InChI=1S/C33H41FN6O3/c1-8-23(15-22-9-11-24(12-10-22)30-37-29(38-30)19(4)5)32-39-31(40-43-32)25-13-14-26(27(34)16-25)21(7)36-20(6)17-42-33(41)28(35)18(2)3/h9-14,16,18-20,23,28,36H,7-8,15,17,35H2,1-6H3. The largest absolute Gasteiger partial charge is 0.462 e. The van der Waals surface area contributed by atoms with Crippen LogP contribution in [0.15, 0.2) is 63.6 Å². The van der Waals surface area contributed by atoms with Crippen LogP contribution in [0.25, 0.3) is 17.1 Å². The predicted molar refractivity (Wildman–Crippen MR) is 167 cm³/mol. The number of nitrogens with one attached hydrogen (secondary N) is 1. The average Bonchev–Trinajstić information content (AvgIpc) is 3.44. The molecule has 0 spiro atoms. The fourth-order valence-electron chi connectivity index (χ4n) is 4.50. The lowest BCUT2D eigenvalue weighted by Crippen LogP contribution is -2.39. The summed E-state index contributed by atoms with van der Waals surface area (Å²) in [5.41, 5.74) is 9.11. The summed E-state index contributed by atoms with van der Waals surface area (Å²) >= 11 is 0. The second-order valence-corrected chi connectivity index (χ2v) is 11.6. The van der Waals surface area contributed by atoms with Gasteiger partial charge >= 0.3 is 5.97 Å². The summed E-state index contributed by atoms with van der Waals surface area (Å²) in [4.78, 5) is 25.6. The molecule has 2 aromatic carbocycles. The van der Waals surface area contributed by atoms with Gasteiger partial charge in [0.15, 0.2) is 5.84 Å². The molecule has 10 heteroatoms. The Morgan fingerprint density at radius 2 is 1.74 bits per heavy atom. The van der Waals surface area contributed by atoms with Gasteiger partial charge in [-0.2, -0.15) is 4.98 Å². The summed E-state index contributed by atoms with van der Waals surface area (Å²) < 4.78 is 26.0. The van der Waals surface area contributed by atoms with Crippen LogP contribution in [0, 0.1) is 17.7 Å². The molecule has 228 valence electrons. The molecule has 3 atom stereocenters. The molecule has 0 radical (unpaired) electrons. The highest BCUT2D eigenvalue weighted by Crippen LogP contribution is 2.28. The van der Waals surface area contributed by atoms with E-state index in [0.717, 1.165) is 35.6 Å². The van der Waals surface area contributed by atoms with Crippen LogP contribution < -0.4 is 11.1 Å². The molecule has 3 N–H and O–H groups in total. The molecule has 1 aliphatic rings. The maximum atomic E-state index is 15.1. The van der Waals surface area contributed by atoms with Crippen LogP contribution in [-0.2, 0) is 16.0 Å². The molecule has 1 aromatic heterocycles. The SMILES string of the molecule is C=C(NC(C)COC(=O)C(N)C(C)C)c1ccc(-c2noc(C(CC)Cc3ccc(C4=NC(C(C)C)=N4)cc3)n2)cc1F. The van der Waals surface area contributed by atoms with Crippen molar-refractivity contribution >= 4 is 23.3 Å². The number of hydrogen-bond acceptors (Lipinski definition) is 9. The van der Waals surface area contributed by atoms with E-state index in [1.165, 1.54) is 6.07 Å². The van der Waals surface area contributed by atoms with Crippen molar-refractivity contribution in [1.82, 2.24) is 15.5 Å². The number of rotatable bonds is 14. The molecule has 0 saturated heterocycles. The second kappa shape index (κ2) is 13.9. The molecule has 4 rings (SSSR count). The van der Waals surface area contributed by atoms with Gasteiger partial charge in [-0.05, 0) is 43.4 Å². The van der Waals surface area contributed by atoms with Gasteiger partial charge in [-0.25, -0.2) is 14.4 Å². The molecule has 0 bridgehead atoms. The van der Waals surface area contributed by atoms with Crippen LogP contribution in [0.1, 0.15) is 76.5 Å². The number of amidine groups is 2. The number of nitrogens with two attached hydrogens (primary N) is 1. The Morgan fingerprint density at radius 3 is 2.35 bits per heavy atom. The zero-order valence-electron chi connectivity index (χ0n) is 25.7. The summed E-state index contributed by atoms with van der Waals surface area (Å²) in [6.07, 6.45) is 1.52. The first-order valence-electron chi connectivity index (χ1n) is 14.7. The molecule has 0 saturated carbocycles. The van der Waals surface area contributed by atoms with E-state index in [0.29, 0.717) is 34.5 Å². The van der Waals surface area contributed by atoms with E-state index in [1.807, 2.05) is 32.9 Å². The Bertz CT molecular complexity index is 1510. The van der Waals surface area contributed by atoms with Gasteiger partial charge in [0, 0.05) is 34.2 Å². The van der Waals surface area contributed by atoms with E-state index in [9.17, 15) is 4.79 Å². The third-order valence-corrected chi connectivity index (χ3v) is 7.37. The third-order valence-electron chi connectivity index (χ3n) is 7.37. The van der Waals surface area contributed by atoms with Crippen molar-refractivity contribution < 1.29 is 18.4 Å². The highest BCUT2D eigenvalue weighted by Gasteiger charge is 2.22. The van der Waals surface area contributed by atoms with E-state index < -0.39 is 17.8 Å². The molecule has 43 heavy (non-hydrogen) atoms. The smallest absolute Gasteiger partial charge is 0.323 e. The highest BCUT2D eigenvalue weighted by atomic mass is 19.1. The lowest BCUT2D eigenvalue weighted by atomic mass is 9.96. The molecule has 0 amide bonds. The highest BCUT2D eigenvalue weighted by molar-refractivity contribution is 6.18. The van der Waals surface area contributed by atoms with Gasteiger partial charge in [-0.3, -0.25) is 4.79 Å². The summed E-state index contributed by atoms with van der Waals surface area (Å²) in [5, 5.41) is 7.20. The van der Waals surface area contributed by atoms with Gasteiger partial charge in [0.1, 0.15) is 24.3 Å². The number of aliphatic imine (C=N–C) groups is 2. The lowest BCUT2D eigenvalue weighted by Gasteiger charge is -2.20.